The van der Waals surface area contributed by atoms with Gasteiger partial charge in [0.1, 0.15) is 24.7 Å². The Kier molecular flexibility index (Phi) is 4.95. The Balaban J connectivity index is 1.81. The lowest BCUT2D eigenvalue weighted by molar-refractivity contribution is -0.384. The van der Waals surface area contributed by atoms with E-state index >= 15 is 0 Å². The Hall–Kier alpha value is -2.08. The van der Waals surface area contributed by atoms with Crippen LogP contribution >= 0.6 is 15.9 Å². The van der Waals surface area contributed by atoms with Crippen molar-refractivity contribution in [2.24, 2.45) is 0 Å². The molecule has 0 radical (unpaired) electrons. The number of nitrogens with zero attached hydrogens (tertiary/aromatic N) is 1. The van der Waals surface area contributed by atoms with Crippen LogP contribution < -0.4 is 9.47 Å². The van der Waals surface area contributed by atoms with Crippen LogP contribution in [0, 0.1) is 10.1 Å². The lowest BCUT2D eigenvalue weighted by Crippen LogP contribution is -2.09. The second-order valence-electron chi connectivity index (χ2n) is 3.91. The van der Waals surface area contributed by atoms with Crippen LogP contribution in [0.25, 0.3) is 0 Å². The quantitative estimate of drug-likeness (QED) is 0.456. The van der Waals surface area contributed by atoms with Gasteiger partial charge in [0.25, 0.3) is 5.69 Å². The van der Waals surface area contributed by atoms with Gasteiger partial charge in [0.15, 0.2) is 0 Å². The van der Waals surface area contributed by atoms with Crippen molar-refractivity contribution < 1.29 is 14.4 Å². The minimum atomic E-state index is -0.454. The fourth-order valence-electron chi connectivity index (χ4n) is 1.56. The Bertz CT molecular complexity index is 603. The van der Waals surface area contributed by atoms with E-state index in [1.54, 1.807) is 12.1 Å². The SMILES string of the molecule is O=[N+]([O-])c1cccc(OCCOc2cccc(Br)c2)c1. The van der Waals surface area contributed by atoms with E-state index in [1.807, 2.05) is 24.3 Å². The first-order valence-corrected chi connectivity index (χ1v) is 6.70. The Morgan fingerprint density at radius 3 is 2.20 bits per heavy atom. The summed E-state index contributed by atoms with van der Waals surface area (Å²) >= 11 is 3.35. The van der Waals surface area contributed by atoms with Crippen LogP contribution in [0.15, 0.2) is 53.0 Å². The molecule has 6 heteroatoms. The van der Waals surface area contributed by atoms with Crippen LogP contribution in [-0.4, -0.2) is 18.1 Å². The van der Waals surface area contributed by atoms with Gasteiger partial charge in [-0.2, -0.15) is 0 Å². The average Bonchev–Trinajstić information content (AvgIpc) is 2.44. The Labute approximate surface area is 124 Å². The van der Waals surface area contributed by atoms with Gasteiger partial charge in [-0.3, -0.25) is 10.1 Å². The van der Waals surface area contributed by atoms with Crippen molar-refractivity contribution in [3.8, 4) is 11.5 Å². The van der Waals surface area contributed by atoms with Crippen molar-refractivity contribution in [3.05, 3.63) is 63.1 Å². The third kappa shape index (κ3) is 4.24. The second kappa shape index (κ2) is 6.91. The predicted octanol–water partition coefficient (Wildman–Crippen LogP) is 3.82. The summed E-state index contributed by atoms with van der Waals surface area (Å²) in [6.45, 7) is 0.673. The number of benzene rings is 2. The topological polar surface area (TPSA) is 61.6 Å². The molecule has 0 fully saturated rings. The zero-order valence-electron chi connectivity index (χ0n) is 10.5. The molecule has 2 aromatic rings. The smallest absolute Gasteiger partial charge is 0.273 e. The minimum Gasteiger partial charge on any atom is -0.490 e. The standard InChI is InChI=1S/C14H12BrNO4/c15-11-3-1-5-13(9-11)19-7-8-20-14-6-2-4-12(10-14)16(17)18/h1-6,9-10H,7-8H2. The van der Waals surface area contributed by atoms with Crippen molar-refractivity contribution in [3.63, 3.8) is 0 Å². The van der Waals surface area contributed by atoms with Crippen molar-refractivity contribution in [2.45, 2.75) is 0 Å². The summed E-state index contributed by atoms with van der Waals surface area (Å²) in [6.07, 6.45) is 0. The highest BCUT2D eigenvalue weighted by atomic mass is 79.9. The maximum Gasteiger partial charge on any atom is 0.273 e. The van der Waals surface area contributed by atoms with Gasteiger partial charge in [-0.05, 0) is 24.3 Å². The molecule has 0 saturated carbocycles. The fourth-order valence-corrected chi connectivity index (χ4v) is 1.94. The molecule has 0 spiro atoms. The third-order valence-electron chi connectivity index (χ3n) is 2.45. The van der Waals surface area contributed by atoms with E-state index in [4.69, 9.17) is 9.47 Å². The molecule has 0 bridgehead atoms. The highest BCUT2D eigenvalue weighted by Crippen LogP contribution is 2.20. The number of halogens is 1. The van der Waals surface area contributed by atoms with E-state index in [1.165, 1.54) is 12.1 Å². The van der Waals surface area contributed by atoms with E-state index in [0.29, 0.717) is 19.0 Å². The van der Waals surface area contributed by atoms with E-state index in [2.05, 4.69) is 15.9 Å². The molecule has 0 aromatic heterocycles. The van der Waals surface area contributed by atoms with Crippen molar-refractivity contribution in [2.75, 3.05) is 13.2 Å². The van der Waals surface area contributed by atoms with Crippen LogP contribution in [0.2, 0.25) is 0 Å². The van der Waals surface area contributed by atoms with Crippen molar-refractivity contribution in [1.29, 1.82) is 0 Å². The number of rotatable bonds is 6. The summed E-state index contributed by atoms with van der Waals surface area (Å²) in [5.74, 6) is 1.19. The molecule has 104 valence electrons. The monoisotopic (exact) mass is 337 g/mol. The van der Waals surface area contributed by atoms with Crippen LogP contribution in [0.1, 0.15) is 0 Å². The lowest BCUT2D eigenvalue weighted by Gasteiger charge is -2.08. The van der Waals surface area contributed by atoms with Crippen LogP contribution in [0.4, 0.5) is 5.69 Å². The largest absolute Gasteiger partial charge is 0.490 e. The maximum atomic E-state index is 10.6. The van der Waals surface area contributed by atoms with E-state index in [-0.39, 0.29) is 5.69 Å². The molecule has 0 heterocycles. The summed E-state index contributed by atoms with van der Waals surface area (Å²) in [5, 5.41) is 10.6. The summed E-state index contributed by atoms with van der Waals surface area (Å²) in [7, 11) is 0. The van der Waals surface area contributed by atoms with E-state index in [9.17, 15) is 10.1 Å². The predicted molar refractivity (Wildman–Crippen MR) is 78.2 cm³/mol. The first-order valence-electron chi connectivity index (χ1n) is 5.91. The van der Waals surface area contributed by atoms with Gasteiger partial charge in [0, 0.05) is 10.5 Å². The number of nitro benzene ring substituents is 1. The summed E-state index contributed by atoms with van der Waals surface area (Å²) in [6, 6.07) is 13.6. The van der Waals surface area contributed by atoms with Crippen LogP contribution in [0.3, 0.4) is 0 Å². The summed E-state index contributed by atoms with van der Waals surface area (Å²) < 4.78 is 11.8. The molecule has 2 rings (SSSR count). The van der Waals surface area contributed by atoms with Gasteiger partial charge in [-0.15, -0.1) is 0 Å². The zero-order chi connectivity index (χ0) is 14.4. The minimum absolute atomic E-state index is 0.00964. The number of hydrogen-bond acceptors (Lipinski definition) is 4. The summed E-state index contributed by atoms with van der Waals surface area (Å²) in [4.78, 5) is 10.2. The van der Waals surface area contributed by atoms with E-state index < -0.39 is 4.92 Å². The average molecular weight is 338 g/mol. The van der Waals surface area contributed by atoms with Gasteiger partial charge >= 0.3 is 0 Å². The number of nitro groups is 1. The van der Waals surface area contributed by atoms with Gasteiger partial charge in [0.2, 0.25) is 0 Å². The third-order valence-corrected chi connectivity index (χ3v) is 2.94. The Morgan fingerprint density at radius 2 is 1.60 bits per heavy atom. The normalized spacial score (nSPS) is 10.1. The van der Waals surface area contributed by atoms with Crippen LogP contribution in [0.5, 0.6) is 11.5 Å². The van der Waals surface area contributed by atoms with Gasteiger partial charge in [-0.1, -0.05) is 28.1 Å². The molecular formula is C14H12BrNO4. The first-order chi connectivity index (χ1) is 9.65. The molecule has 0 saturated heterocycles. The molecule has 5 nitrogen and oxygen atoms in total. The first kappa shape index (κ1) is 14.3. The molecular weight excluding hydrogens is 326 g/mol. The zero-order valence-corrected chi connectivity index (χ0v) is 12.1. The van der Waals surface area contributed by atoms with E-state index in [0.717, 1.165) is 10.2 Å². The Morgan fingerprint density at radius 1 is 1.00 bits per heavy atom. The molecule has 0 N–H and O–H groups in total. The molecule has 0 amide bonds. The number of ether oxygens (including phenoxy) is 2. The molecule has 0 unspecified atom stereocenters. The highest BCUT2D eigenvalue weighted by molar-refractivity contribution is 9.10. The number of non-ortho nitro benzene ring substituents is 1. The van der Waals surface area contributed by atoms with Gasteiger partial charge in [-0.25, -0.2) is 0 Å². The lowest BCUT2D eigenvalue weighted by atomic mass is 10.3. The van der Waals surface area contributed by atoms with Gasteiger partial charge < -0.3 is 9.47 Å². The molecule has 0 aliphatic rings. The maximum absolute atomic E-state index is 10.6. The molecule has 0 atom stereocenters. The number of hydrogen-bond donors (Lipinski definition) is 0. The van der Waals surface area contributed by atoms with Gasteiger partial charge in [0.05, 0.1) is 11.0 Å². The molecule has 0 aliphatic carbocycles. The second-order valence-corrected chi connectivity index (χ2v) is 4.82. The molecule has 20 heavy (non-hydrogen) atoms. The molecule has 0 aliphatic heterocycles. The van der Waals surface area contributed by atoms with Crippen molar-refractivity contribution >= 4 is 21.6 Å². The van der Waals surface area contributed by atoms with Crippen LogP contribution in [-0.2, 0) is 0 Å². The highest BCUT2D eigenvalue weighted by Gasteiger charge is 2.06. The molecule has 2 aromatic carbocycles. The van der Waals surface area contributed by atoms with Crippen molar-refractivity contribution in [1.82, 2.24) is 0 Å². The summed E-state index contributed by atoms with van der Waals surface area (Å²) in [5.41, 5.74) is 0.00964. The fraction of sp³-hybridized carbons (Fsp3) is 0.143.